The van der Waals surface area contributed by atoms with Crippen LogP contribution < -0.4 is 10.1 Å². The highest BCUT2D eigenvalue weighted by Crippen LogP contribution is 2.18. The van der Waals surface area contributed by atoms with E-state index >= 15 is 0 Å². The van der Waals surface area contributed by atoms with Crippen molar-refractivity contribution in [3.63, 3.8) is 0 Å². The molecule has 0 heterocycles. The zero-order valence-electron chi connectivity index (χ0n) is 10.1. The number of halogens is 3. The number of hydrogen-bond donors (Lipinski definition) is 1. The van der Waals surface area contributed by atoms with Gasteiger partial charge in [0.25, 0.3) is 5.91 Å². The maximum Gasteiger partial charge on any atom is 0.387 e. The molecule has 2 aromatic rings. The SMILES string of the molecule is O=C(Nc1ccc(OC(F)F)cc1)c1cccc(F)c1. The molecule has 0 aliphatic carbocycles. The number of alkyl halides is 2. The van der Waals surface area contributed by atoms with E-state index in [1.807, 2.05) is 0 Å². The van der Waals surface area contributed by atoms with Gasteiger partial charge in [0.15, 0.2) is 0 Å². The third-order valence-corrected chi connectivity index (χ3v) is 2.42. The Morgan fingerprint density at radius 2 is 1.80 bits per heavy atom. The first kappa shape index (κ1) is 13.9. The summed E-state index contributed by atoms with van der Waals surface area (Å²) in [7, 11) is 0. The average molecular weight is 281 g/mol. The van der Waals surface area contributed by atoms with Gasteiger partial charge in [0.05, 0.1) is 0 Å². The van der Waals surface area contributed by atoms with Gasteiger partial charge in [0.1, 0.15) is 11.6 Å². The largest absolute Gasteiger partial charge is 0.435 e. The van der Waals surface area contributed by atoms with Crippen LogP contribution in [0.1, 0.15) is 10.4 Å². The van der Waals surface area contributed by atoms with Crippen molar-refractivity contribution in [1.29, 1.82) is 0 Å². The number of benzene rings is 2. The summed E-state index contributed by atoms with van der Waals surface area (Å²) in [6, 6.07) is 10.6. The summed E-state index contributed by atoms with van der Waals surface area (Å²) >= 11 is 0. The first-order valence-corrected chi connectivity index (χ1v) is 5.66. The molecule has 0 spiro atoms. The first-order chi connectivity index (χ1) is 9.54. The maximum absolute atomic E-state index is 13.0. The Kier molecular flexibility index (Phi) is 4.24. The zero-order chi connectivity index (χ0) is 14.5. The molecule has 2 rings (SSSR count). The molecule has 0 aromatic heterocycles. The van der Waals surface area contributed by atoms with Gasteiger partial charge in [0.2, 0.25) is 0 Å². The van der Waals surface area contributed by atoms with Gasteiger partial charge in [-0.2, -0.15) is 8.78 Å². The van der Waals surface area contributed by atoms with Gasteiger partial charge >= 0.3 is 6.61 Å². The Labute approximate surface area is 113 Å². The van der Waals surface area contributed by atoms with Crippen LogP contribution in [0.5, 0.6) is 5.75 Å². The van der Waals surface area contributed by atoms with Gasteiger partial charge < -0.3 is 10.1 Å². The Morgan fingerprint density at radius 3 is 2.40 bits per heavy atom. The second-order valence-corrected chi connectivity index (χ2v) is 3.87. The number of anilines is 1. The minimum Gasteiger partial charge on any atom is -0.435 e. The third kappa shape index (κ3) is 3.74. The van der Waals surface area contributed by atoms with Crippen molar-refractivity contribution in [2.45, 2.75) is 6.61 Å². The summed E-state index contributed by atoms with van der Waals surface area (Å²) in [4.78, 5) is 11.8. The molecule has 1 N–H and O–H groups in total. The summed E-state index contributed by atoms with van der Waals surface area (Å²) in [5.74, 6) is -1.02. The first-order valence-electron chi connectivity index (χ1n) is 5.66. The molecule has 20 heavy (non-hydrogen) atoms. The Balaban J connectivity index is 2.04. The molecule has 0 fully saturated rings. The number of carbonyl (C=O) groups excluding carboxylic acids is 1. The van der Waals surface area contributed by atoms with Crippen LogP contribution in [0.2, 0.25) is 0 Å². The Morgan fingerprint density at radius 1 is 1.10 bits per heavy atom. The van der Waals surface area contributed by atoms with Crippen LogP contribution in [0.15, 0.2) is 48.5 Å². The van der Waals surface area contributed by atoms with Crippen molar-refractivity contribution in [2.75, 3.05) is 5.32 Å². The molecule has 0 unspecified atom stereocenters. The van der Waals surface area contributed by atoms with Crippen molar-refractivity contribution in [3.8, 4) is 5.75 Å². The van der Waals surface area contributed by atoms with Crippen molar-refractivity contribution < 1.29 is 22.7 Å². The topological polar surface area (TPSA) is 38.3 Å². The van der Waals surface area contributed by atoms with E-state index in [1.54, 1.807) is 0 Å². The molecule has 104 valence electrons. The highest BCUT2D eigenvalue weighted by Gasteiger charge is 2.08. The summed E-state index contributed by atoms with van der Waals surface area (Å²) < 4.78 is 41.1. The van der Waals surface area contributed by atoms with Gasteiger partial charge in [-0.05, 0) is 42.5 Å². The fraction of sp³-hybridized carbons (Fsp3) is 0.0714. The van der Waals surface area contributed by atoms with Crippen LogP contribution in [0.25, 0.3) is 0 Å². The van der Waals surface area contributed by atoms with Gasteiger partial charge in [0, 0.05) is 11.3 Å². The molecule has 1 amide bonds. The number of carbonyl (C=O) groups is 1. The van der Waals surface area contributed by atoms with E-state index in [-0.39, 0.29) is 11.3 Å². The molecular formula is C14H10F3NO2. The van der Waals surface area contributed by atoms with E-state index in [2.05, 4.69) is 10.1 Å². The van der Waals surface area contributed by atoms with Gasteiger partial charge in [-0.15, -0.1) is 0 Å². The molecule has 2 aromatic carbocycles. The van der Waals surface area contributed by atoms with Crippen LogP contribution in [-0.4, -0.2) is 12.5 Å². The molecule has 0 saturated carbocycles. The molecule has 6 heteroatoms. The summed E-state index contributed by atoms with van der Waals surface area (Å²) in [5.41, 5.74) is 0.554. The molecule has 0 bridgehead atoms. The lowest BCUT2D eigenvalue weighted by molar-refractivity contribution is -0.0498. The molecule has 0 atom stereocenters. The summed E-state index contributed by atoms with van der Waals surface area (Å²) in [6.45, 7) is -2.90. The van der Waals surface area contributed by atoms with Crippen LogP contribution >= 0.6 is 0 Å². The molecule has 0 radical (unpaired) electrons. The molecule has 0 saturated heterocycles. The minimum atomic E-state index is -2.90. The summed E-state index contributed by atoms with van der Waals surface area (Å²) in [6.07, 6.45) is 0. The van der Waals surface area contributed by atoms with Crippen molar-refractivity contribution >= 4 is 11.6 Å². The minimum absolute atomic E-state index is 0.0104. The summed E-state index contributed by atoms with van der Waals surface area (Å²) in [5, 5.41) is 2.52. The number of rotatable bonds is 4. The van der Waals surface area contributed by atoms with Gasteiger partial charge in [-0.3, -0.25) is 4.79 Å². The fourth-order valence-corrected chi connectivity index (χ4v) is 1.55. The van der Waals surface area contributed by atoms with E-state index in [4.69, 9.17) is 0 Å². The number of hydrogen-bond acceptors (Lipinski definition) is 2. The fourth-order valence-electron chi connectivity index (χ4n) is 1.55. The van der Waals surface area contributed by atoms with Crippen LogP contribution in [0.4, 0.5) is 18.9 Å². The maximum atomic E-state index is 13.0. The van der Waals surface area contributed by atoms with E-state index in [9.17, 15) is 18.0 Å². The van der Waals surface area contributed by atoms with Gasteiger partial charge in [-0.1, -0.05) is 6.07 Å². The third-order valence-electron chi connectivity index (χ3n) is 2.42. The number of amides is 1. The Bertz CT molecular complexity index is 600. The number of ether oxygens (including phenoxy) is 1. The molecule has 0 aliphatic heterocycles. The van der Waals surface area contributed by atoms with E-state index in [0.717, 1.165) is 6.07 Å². The lowest BCUT2D eigenvalue weighted by Gasteiger charge is -2.07. The highest BCUT2D eigenvalue weighted by atomic mass is 19.3. The van der Waals surface area contributed by atoms with Crippen molar-refractivity contribution in [2.24, 2.45) is 0 Å². The predicted molar refractivity (Wildman–Crippen MR) is 67.4 cm³/mol. The van der Waals surface area contributed by atoms with E-state index in [0.29, 0.717) is 5.69 Å². The number of nitrogens with one attached hydrogen (secondary N) is 1. The monoisotopic (exact) mass is 281 g/mol. The van der Waals surface area contributed by atoms with Crippen LogP contribution in [-0.2, 0) is 0 Å². The Hall–Kier alpha value is -2.50. The quantitative estimate of drug-likeness (QED) is 0.928. The van der Waals surface area contributed by atoms with Crippen LogP contribution in [0, 0.1) is 5.82 Å². The lowest BCUT2D eigenvalue weighted by atomic mass is 10.2. The van der Waals surface area contributed by atoms with E-state index < -0.39 is 18.3 Å². The molecule has 3 nitrogen and oxygen atoms in total. The highest BCUT2D eigenvalue weighted by molar-refractivity contribution is 6.04. The average Bonchev–Trinajstić information content (AvgIpc) is 2.40. The normalized spacial score (nSPS) is 10.4. The van der Waals surface area contributed by atoms with Crippen molar-refractivity contribution in [3.05, 3.63) is 59.9 Å². The second kappa shape index (κ2) is 6.10. The van der Waals surface area contributed by atoms with Gasteiger partial charge in [-0.25, -0.2) is 4.39 Å². The van der Waals surface area contributed by atoms with Crippen LogP contribution in [0.3, 0.4) is 0 Å². The smallest absolute Gasteiger partial charge is 0.387 e. The molecular weight excluding hydrogens is 271 g/mol. The zero-order valence-corrected chi connectivity index (χ0v) is 10.1. The van der Waals surface area contributed by atoms with Crippen molar-refractivity contribution in [1.82, 2.24) is 0 Å². The lowest BCUT2D eigenvalue weighted by Crippen LogP contribution is -2.12. The van der Waals surface area contributed by atoms with E-state index in [1.165, 1.54) is 42.5 Å². The molecule has 0 aliphatic rings. The predicted octanol–water partition coefficient (Wildman–Crippen LogP) is 3.68. The standard InChI is InChI=1S/C14H10F3NO2/c15-10-3-1-2-9(8-10)13(19)18-11-4-6-12(7-5-11)20-14(16)17/h1-8,14H,(H,18,19). The second-order valence-electron chi connectivity index (χ2n) is 3.87.